The molecule has 3 rings (SSSR count). The Morgan fingerprint density at radius 1 is 1.00 bits per heavy atom. The number of benzene rings is 2. The number of ether oxygens (including phenoxy) is 3. The molecular formula is C20H20N2O6. The van der Waals surface area contributed by atoms with Gasteiger partial charge in [-0.1, -0.05) is 17.7 Å². The Kier molecular flexibility index (Phi) is 5.78. The SMILES string of the molecule is Cc1ccc(NC(=O)NC(=O)COC(=O)c2ccc3c(c2)OCCO3)c(C)c1. The van der Waals surface area contributed by atoms with Gasteiger partial charge in [-0.2, -0.15) is 0 Å². The summed E-state index contributed by atoms with van der Waals surface area (Å²) in [4.78, 5) is 35.9. The van der Waals surface area contributed by atoms with E-state index in [9.17, 15) is 14.4 Å². The van der Waals surface area contributed by atoms with Crippen LogP contribution >= 0.6 is 0 Å². The van der Waals surface area contributed by atoms with Gasteiger partial charge in [-0.05, 0) is 43.7 Å². The Balaban J connectivity index is 1.49. The second-order valence-corrected chi connectivity index (χ2v) is 6.26. The largest absolute Gasteiger partial charge is 0.486 e. The highest BCUT2D eigenvalue weighted by atomic mass is 16.6. The minimum absolute atomic E-state index is 0.219. The highest BCUT2D eigenvalue weighted by Crippen LogP contribution is 2.30. The highest BCUT2D eigenvalue weighted by molar-refractivity contribution is 6.02. The second-order valence-electron chi connectivity index (χ2n) is 6.26. The summed E-state index contributed by atoms with van der Waals surface area (Å²) >= 11 is 0. The van der Waals surface area contributed by atoms with Gasteiger partial charge < -0.3 is 19.5 Å². The zero-order valence-corrected chi connectivity index (χ0v) is 15.5. The van der Waals surface area contributed by atoms with Gasteiger partial charge in [0.15, 0.2) is 18.1 Å². The van der Waals surface area contributed by atoms with Gasteiger partial charge in [-0.25, -0.2) is 9.59 Å². The maximum Gasteiger partial charge on any atom is 0.338 e. The summed E-state index contributed by atoms with van der Waals surface area (Å²) in [6.07, 6.45) is 0. The van der Waals surface area contributed by atoms with Gasteiger partial charge in [-0.3, -0.25) is 10.1 Å². The van der Waals surface area contributed by atoms with E-state index in [2.05, 4.69) is 10.6 Å². The number of esters is 1. The molecule has 2 aromatic carbocycles. The molecule has 0 aliphatic carbocycles. The number of amides is 3. The quantitative estimate of drug-likeness (QED) is 0.786. The maximum atomic E-state index is 12.1. The number of fused-ring (bicyclic) bond motifs is 1. The molecule has 2 aromatic rings. The van der Waals surface area contributed by atoms with E-state index in [0.29, 0.717) is 30.4 Å². The number of carbonyl (C=O) groups excluding carboxylic acids is 3. The first-order valence-electron chi connectivity index (χ1n) is 8.67. The van der Waals surface area contributed by atoms with Gasteiger partial charge in [-0.15, -0.1) is 0 Å². The van der Waals surface area contributed by atoms with Crippen molar-refractivity contribution in [3.63, 3.8) is 0 Å². The molecule has 0 bridgehead atoms. The predicted molar refractivity (Wildman–Crippen MR) is 101 cm³/mol. The first-order valence-corrected chi connectivity index (χ1v) is 8.67. The van der Waals surface area contributed by atoms with Crippen molar-refractivity contribution in [2.75, 3.05) is 25.1 Å². The fourth-order valence-corrected chi connectivity index (χ4v) is 2.65. The third-order valence-corrected chi connectivity index (χ3v) is 4.00. The minimum Gasteiger partial charge on any atom is -0.486 e. The van der Waals surface area contributed by atoms with Crippen LogP contribution < -0.4 is 20.1 Å². The lowest BCUT2D eigenvalue weighted by molar-refractivity contribution is -0.123. The topological polar surface area (TPSA) is 103 Å². The number of nitrogens with one attached hydrogen (secondary N) is 2. The zero-order valence-electron chi connectivity index (χ0n) is 15.5. The first kappa shape index (κ1) is 19.2. The van der Waals surface area contributed by atoms with Crippen molar-refractivity contribution in [1.29, 1.82) is 0 Å². The molecule has 0 fully saturated rings. The van der Waals surface area contributed by atoms with Crippen LogP contribution in [0.15, 0.2) is 36.4 Å². The number of imide groups is 1. The van der Waals surface area contributed by atoms with Crippen molar-refractivity contribution < 1.29 is 28.6 Å². The van der Waals surface area contributed by atoms with E-state index in [1.807, 2.05) is 26.0 Å². The van der Waals surface area contributed by atoms with Crippen molar-refractivity contribution in [2.24, 2.45) is 0 Å². The van der Waals surface area contributed by atoms with E-state index in [1.165, 1.54) is 12.1 Å². The standard InChI is InChI=1S/C20H20N2O6/c1-12-3-5-15(13(2)9-12)21-20(25)22-18(23)11-28-19(24)14-4-6-16-17(10-14)27-8-7-26-16/h3-6,9-10H,7-8,11H2,1-2H3,(H2,21,22,23,25). The van der Waals surface area contributed by atoms with Crippen LogP contribution in [0.1, 0.15) is 21.5 Å². The van der Waals surface area contributed by atoms with Crippen LogP contribution in [0.3, 0.4) is 0 Å². The van der Waals surface area contributed by atoms with Crippen LogP contribution in [0.25, 0.3) is 0 Å². The monoisotopic (exact) mass is 384 g/mol. The number of rotatable bonds is 4. The third-order valence-electron chi connectivity index (χ3n) is 4.00. The van der Waals surface area contributed by atoms with Gasteiger partial charge in [0.25, 0.3) is 5.91 Å². The smallest absolute Gasteiger partial charge is 0.338 e. The highest BCUT2D eigenvalue weighted by Gasteiger charge is 2.17. The molecule has 0 saturated carbocycles. The summed E-state index contributed by atoms with van der Waals surface area (Å²) in [5.41, 5.74) is 2.74. The van der Waals surface area contributed by atoms with E-state index >= 15 is 0 Å². The van der Waals surface area contributed by atoms with E-state index in [-0.39, 0.29) is 5.56 Å². The molecule has 0 aromatic heterocycles. The summed E-state index contributed by atoms with van der Waals surface area (Å²) in [6, 6.07) is 9.40. The zero-order chi connectivity index (χ0) is 20.1. The van der Waals surface area contributed by atoms with Crippen molar-refractivity contribution in [3.8, 4) is 11.5 Å². The maximum absolute atomic E-state index is 12.1. The van der Waals surface area contributed by atoms with Crippen LogP contribution in [0.4, 0.5) is 10.5 Å². The fraction of sp³-hybridized carbons (Fsp3) is 0.250. The summed E-state index contributed by atoms with van der Waals surface area (Å²) in [5.74, 6) is -0.461. The molecule has 0 atom stereocenters. The van der Waals surface area contributed by atoms with Gasteiger partial charge in [0, 0.05) is 5.69 Å². The van der Waals surface area contributed by atoms with E-state index in [4.69, 9.17) is 14.2 Å². The molecule has 0 spiro atoms. The van der Waals surface area contributed by atoms with Crippen LogP contribution in [0.5, 0.6) is 11.5 Å². The molecule has 8 heteroatoms. The van der Waals surface area contributed by atoms with Crippen LogP contribution in [0, 0.1) is 13.8 Å². The van der Waals surface area contributed by atoms with Gasteiger partial charge in [0.1, 0.15) is 13.2 Å². The number of hydrogen-bond donors (Lipinski definition) is 2. The average Bonchev–Trinajstić information content (AvgIpc) is 2.68. The predicted octanol–water partition coefficient (Wildman–Crippen LogP) is 2.58. The van der Waals surface area contributed by atoms with Crippen molar-refractivity contribution in [1.82, 2.24) is 5.32 Å². The van der Waals surface area contributed by atoms with Crippen molar-refractivity contribution in [2.45, 2.75) is 13.8 Å². The molecule has 0 radical (unpaired) electrons. The normalized spacial score (nSPS) is 12.1. The third kappa shape index (κ3) is 4.79. The molecule has 1 heterocycles. The minimum atomic E-state index is -0.742. The lowest BCUT2D eigenvalue weighted by atomic mass is 10.1. The second kappa shape index (κ2) is 8.43. The summed E-state index contributed by atoms with van der Waals surface area (Å²) in [6.45, 7) is 4.04. The van der Waals surface area contributed by atoms with Crippen LogP contribution in [0.2, 0.25) is 0 Å². The van der Waals surface area contributed by atoms with Crippen molar-refractivity contribution in [3.05, 3.63) is 53.1 Å². The molecule has 28 heavy (non-hydrogen) atoms. The average molecular weight is 384 g/mol. The summed E-state index contributed by atoms with van der Waals surface area (Å²) in [5, 5.41) is 4.70. The molecule has 2 N–H and O–H groups in total. The number of aryl methyl sites for hydroxylation is 2. The Morgan fingerprint density at radius 3 is 2.50 bits per heavy atom. The van der Waals surface area contributed by atoms with Crippen LogP contribution in [-0.2, 0) is 9.53 Å². The van der Waals surface area contributed by atoms with E-state index in [0.717, 1.165) is 11.1 Å². The summed E-state index contributed by atoms with van der Waals surface area (Å²) < 4.78 is 15.7. The van der Waals surface area contributed by atoms with Crippen LogP contribution in [-0.4, -0.2) is 37.7 Å². The molecular weight excluding hydrogens is 364 g/mol. The number of hydrogen-bond acceptors (Lipinski definition) is 6. The molecule has 1 aliphatic heterocycles. The Hall–Kier alpha value is -3.55. The first-order chi connectivity index (χ1) is 13.4. The lowest BCUT2D eigenvalue weighted by Gasteiger charge is -2.18. The van der Waals surface area contributed by atoms with Gasteiger partial charge >= 0.3 is 12.0 Å². The molecule has 1 aliphatic rings. The Labute approximate surface area is 161 Å². The number of anilines is 1. The number of carbonyl (C=O) groups is 3. The van der Waals surface area contributed by atoms with E-state index < -0.39 is 24.5 Å². The summed E-state index contributed by atoms with van der Waals surface area (Å²) in [7, 11) is 0. The lowest BCUT2D eigenvalue weighted by Crippen LogP contribution is -2.37. The number of urea groups is 1. The molecule has 0 saturated heterocycles. The molecule has 3 amide bonds. The van der Waals surface area contributed by atoms with Gasteiger partial charge in [0.05, 0.1) is 5.56 Å². The molecule has 146 valence electrons. The molecule has 0 unspecified atom stereocenters. The van der Waals surface area contributed by atoms with Crippen molar-refractivity contribution >= 4 is 23.6 Å². The Morgan fingerprint density at radius 2 is 1.75 bits per heavy atom. The fourth-order valence-electron chi connectivity index (χ4n) is 2.65. The molecule has 8 nitrogen and oxygen atoms in total. The van der Waals surface area contributed by atoms with E-state index in [1.54, 1.807) is 12.1 Å². The Bertz CT molecular complexity index is 925. The van der Waals surface area contributed by atoms with Gasteiger partial charge in [0.2, 0.25) is 0 Å².